The summed E-state index contributed by atoms with van der Waals surface area (Å²) in [6, 6.07) is 11.8. The fourth-order valence-corrected chi connectivity index (χ4v) is 6.67. The Morgan fingerprint density at radius 1 is 1.20 bits per heavy atom. The lowest BCUT2D eigenvalue weighted by atomic mass is 9.77. The fourth-order valence-electron chi connectivity index (χ4n) is 5.87. The fraction of sp³-hybridized carbons (Fsp3) is 0.344. The molecule has 1 saturated carbocycles. The number of benzene rings is 2. The SMILES string of the molecule is C[S@](=O)c1cc(F)cc(N(C(=O)[C@@H]2CCC(=O)N2c2cc(C#N)ccn2)[C@H](C(=O)CCC2CC(F)(F)C2)c2ccccc2Cl)c1. The second-order valence-electron chi connectivity index (χ2n) is 11.2. The van der Waals surface area contributed by atoms with Crippen molar-refractivity contribution < 1.29 is 31.8 Å². The summed E-state index contributed by atoms with van der Waals surface area (Å²) in [5, 5.41) is 9.52. The number of hydrogen-bond donors (Lipinski definition) is 0. The molecule has 0 radical (unpaired) electrons. The number of amides is 2. The minimum atomic E-state index is -2.78. The van der Waals surface area contributed by atoms with Crippen LogP contribution in [0.25, 0.3) is 0 Å². The summed E-state index contributed by atoms with van der Waals surface area (Å²) in [6.07, 6.45) is 1.92. The average Bonchev–Trinajstić information content (AvgIpc) is 3.38. The molecule has 1 aromatic heterocycles. The Labute approximate surface area is 265 Å². The average molecular weight is 657 g/mol. The number of Topliss-reactive ketones (excluding diaryl/α,β-unsaturated/α-hetero) is 1. The lowest BCUT2D eigenvalue weighted by Gasteiger charge is -2.37. The summed E-state index contributed by atoms with van der Waals surface area (Å²) in [4.78, 5) is 48.4. The standard InChI is InChI=1S/C32H28ClF3N4O4S/c1-45(44)23-14-21(34)13-22(15-23)39(31(43)26-7-9-29(42)40(26)28-12-19(18-37)10-11-38-28)30(24-4-2-3-5-25(24)33)27(41)8-6-20-16-32(35,36)17-20/h2-5,10-15,20,26,30H,6-9,16-17H2,1H3/t26-,30-,45-/m0/s1. The molecular weight excluding hydrogens is 629 g/mol. The third-order valence-electron chi connectivity index (χ3n) is 8.06. The molecule has 0 N–H and O–H groups in total. The number of aromatic nitrogens is 1. The van der Waals surface area contributed by atoms with E-state index in [4.69, 9.17) is 11.6 Å². The van der Waals surface area contributed by atoms with E-state index in [2.05, 4.69) is 4.98 Å². The molecule has 0 bridgehead atoms. The summed E-state index contributed by atoms with van der Waals surface area (Å²) in [5.74, 6) is -5.67. The molecule has 2 heterocycles. The molecule has 5 rings (SSSR count). The van der Waals surface area contributed by atoms with Crippen molar-refractivity contribution in [1.82, 2.24) is 4.98 Å². The zero-order valence-electron chi connectivity index (χ0n) is 24.1. The Kier molecular flexibility index (Phi) is 9.41. The molecule has 45 heavy (non-hydrogen) atoms. The van der Waals surface area contributed by atoms with Gasteiger partial charge in [0.2, 0.25) is 11.8 Å². The number of halogens is 4. The molecule has 13 heteroatoms. The minimum Gasteiger partial charge on any atom is -0.297 e. The number of nitriles is 1. The summed E-state index contributed by atoms with van der Waals surface area (Å²) >= 11 is 6.57. The van der Waals surface area contributed by atoms with Crippen LogP contribution in [-0.2, 0) is 25.2 Å². The van der Waals surface area contributed by atoms with E-state index in [0.29, 0.717) is 0 Å². The number of carbonyl (C=O) groups is 3. The van der Waals surface area contributed by atoms with Crippen molar-refractivity contribution in [2.45, 2.75) is 61.4 Å². The molecule has 1 saturated heterocycles. The van der Waals surface area contributed by atoms with Gasteiger partial charge in [0.25, 0.3) is 5.91 Å². The van der Waals surface area contributed by atoms with Crippen LogP contribution in [0.3, 0.4) is 0 Å². The molecule has 3 aromatic rings. The van der Waals surface area contributed by atoms with Gasteiger partial charge in [0.1, 0.15) is 23.7 Å². The van der Waals surface area contributed by atoms with E-state index in [1.54, 1.807) is 12.1 Å². The lowest BCUT2D eigenvalue weighted by Crippen LogP contribution is -2.50. The summed E-state index contributed by atoms with van der Waals surface area (Å²) < 4.78 is 54.6. The van der Waals surface area contributed by atoms with E-state index < -0.39 is 52.2 Å². The second-order valence-corrected chi connectivity index (χ2v) is 13.0. The van der Waals surface area contributed by atoms with Crippen LogP contribution in [0.2, 0.25) is 5.02 Å². The quantitative estimate of drug-likeness (QED) is 0.259. The molecule has 234 valence electrons. The van der Waals surface area contributed by atoms with Crippen LogP contribution in [-0.4, -0.2) is 45.0 Å². The third-order valence-corrected chi connectivity index (χ3v) is 9.30. The van der Waals surface area contributed by atoms with Gasteiger partial charge in [0.05, 0.1) is 11.6 Å². The molecule has 2 aliphatic rings. The van der Waals surface area contributed by atoms with Gasteiger partial charge in [-0.25, -0.2) is 18.2 Å². The maximum Gasteiger partial charge on any atom is 0.251 e. The topological polar surface area (TPSA) is 111 Å². The Morgan fingerprint density at radius 3 is 2.60 bits per heavy atom. The van der Waals surface area contributed by atoms with Crippen molar-refractivity contribution in [3.05, 3.63) is 82.8 Å². The van der Waals surface area contributed by atoms with E-state index >= 15 is 4.39 Å². The van der Waals surface area contributed by atoms with Gasteiger partial charge in [-0.2, -0.15) is 5.26 Å². The number of ketones is 1. The predicted octanol–water partition coefficient (Wildman–Crippen LogP) is 6.15. The van der Waals surface area contributed by atoms with Gasteiger partial charge in [-0.05, 0) is 55.2 Å². The maximum atomic E-state index is 15.0. The molecule has 1 aliphatic heterocycles. The second kappa shape index (κ2) is 13.1. The van der Waals surface area contributed by atoms with Gasteiger partial charge in [0, 0.05) is 70.1 Å². The number of nitrogens with zero attached hydrogens (tertiary/aromatic N) is 4. The summed E-state index contributed by atoms with van der Waals surface area (Å²) in [6.45, 7) is 0. The van der Waals surface area contributed by atoms with Crippen LogP contribution in [0.1, 0.15) is 55.7 Å². The van der Waals surface area contributed by atoms with Crippen LogP contribution in [0.15, 0.2) is 65.7 Å². The smallest absolute Gasteiger partial charge is 0.251 e. The van der Waals surface area contributed by atoms with Crippen molar-refractivity contribution in [2.75, 3.05) is 16.1 Å². The van der Waals surface area contributed by atoms with Crippen LogP contribution >= 0.6 is 11.6 Å². The van der Waals surface area contributed by atoms with Gasteiger partial charge in [0.15, 0.2) is 5.78 Å². The highest BCUT2D eigenvalue weighted by molar-refractivity contribution is 7.84. The van der Waals surface area contributed by atoms with Crippen LogP contribution in [0.4, 0.5) is 24.7 Å². The Hall–Kier alpha value is -4.08. The highest BCUT2D eigenvalue weighted by Gasteiger charge is 2.47. The van der Waals surface area contributed by atoms with E-state index in [9.17, 15) is 32.6 Å². The third kappa shape index (κ3) is 6.94. The number of carbonyl (C=O) groups excluding carboxylic acids is 3. The van der Waals surface area contributed by atoms with Crippen molar-refractivity contribution in [3.63, 3.8) is 0 Å². The first-order valence-corrected chi connectivity index (χ1v) is 16.1. The molecular formula is C32H28ClF3N4O4S. The summed E-state index contributed by atoms with van der Waals surface area (Å²) in [5.41, 5.74) is 0.311. The zero-order chi connectivity index (χ0) is 32.5. The van der Waals surface area contributed by atoms with E-state index in [0.717, 1.165) is 21.9 Å². The van der Waals surface area contributed by atoms with Gasteiger partial charge >= 0.3 is 0 Å². The first-order valence-electron chi connectivity index (χ1n) is 14.2. The van der Waals surface area contributed by atoms with Crippen LogP contribution in [0, 0.1) is 23.1 Å². The van der Waals surface area contributed by atoms with E-state index in [1.807, 2.05) is 6.07 Å². The van der Waals surface area contributed by atoms with Crippen LogP contribution in [0.5, 0.6) is 0 Å². The highest BCUT2D eigenvalue weighted by atomic mass is 35.5. The van der Waals surface area contributed by atoms with E-state index in [-0.39, 0.29) is 77.0 Å². The van der Waals surface area contributed by atoms with E-state index in [1.165, 1.54) is 42.8 Å². The zero-order valence-corrected chi connectivity index (χ0v) is 25.7. The molecule has 3 atom stereocenters. The highest BCUT2D eigenvalue weighted by Crippen LogP contribution is 2.45. The minimum absolute atomic E-state index is 0.0229. The normalized spacial score (nSPS) is 19.0. The summed E-state index contributed by atoms with van der Waals surface area (Å²) in [7, 11) is -1.68. The first-order chi connectivity index (χ1) is 21.4. The van der Waals surface area contributed by atoms with Crippen molar-refractivity contribution in [1.29, 1.82) is 5.26 Å². The van der Waals surface area contributed by atoms with Gasteiger partial charge in [-0.3, -0.25) is 28.4 Å². The number of alkyl halides is 2. The molecule has 2 fully saturated rings. The monoisotopic (exact) mass is 656 g/mol. The Balaban J connectivity index is 1.63. The first kappa shape index (κ1) is 32.3. The van der Waals surface area contributed by atoms with Crippen molar-refractivity contribution in [2.24, 2.45) is 5.92 Å². The Morgan fingerprint density at radius 2 is 1.93 bits per heavy atom. The lowest BCUT2D eigenvalue weighted by molar-refractivity contribution is -0.129. The largest absolute Gasteiger partial charge is 0.297 e. The molecule has 2 aromatic carbocycles. The Bertz CT molecular complexity index is 1720. The molecule has 0 spiro atoms. The number of hydrogen-bond acceptors (Lipinski definition) is 6. The van der Waals surface area contributed by atoms with Gasteiger partial charge < -0.3 is 0 Å². The molecule has 2 amide bonds. The number of pyridine rings is 1. The van der Waals surface area contributed by atoms with Gasteiger partial charge in [-0.1, -0.05) is 29.8 Å². The molecule has 1 aliphatic carbocycles. The number of anilines is 2. The number of rotatable bonds is 10. The van der Waals surface area contributed by atoms with Crippen LogP contribution < -0.4 is 9.80 Å². The maximum absolute atomic E-state index is 15.0. The van der Waals surface area contributed by atoms with Crippen molar-refractivity contribution in [3.8, 4) is 6.07 Å². The molecule has 8 nitrogen and oxygen atoms in total. The van der Waals surface area contributed by atoms with Gasteiger partial charge in [-0.15, -0.1) is 0 Å². The van der Waals surface area contributed by atoms with Crippen molar-refractivity contribution >= 4 is 51.5 Å². The molecule has 0 unspecified atom stereocenters. The predicted molar refractivity (Wildman–Crippen MR) is 162 cm³/mol.